The number of ether oxygens (including phenoxy) is 1. The molecule has 0 heterocycles. The average molecular weight is 311 g/mol. The molecular formula is C16H23ClN2O2. The van der Waals surface area contributed by atoms with Crippen molar-refractivity contribution in [2.24, 2.45) is 17.6 Å². The van der Waals surface area contributed by atoms with Gasteiger partial charge in [-0.1, -0.05) is 24.1 Å². The van der Waals surface area contributed by atoms with Crippen molar-refractivity contribution < 1.29 is 9.53 Å². The third kappa shape index (κ3) is 4.11. The van der Waals surface area contributed by atoms with Crippen LogP contribution in [0, 0.1) is 11.8 Å². The minimum atomic E-state index is 0.0846. The molecule has 2 rings (SSSR count). The summed E-state index contributed by atoms with van der Waals surface area (Å²) in [5.41, 5.74) is 6.73. The van der Waals surface area contributed by atoms with E-state index in [0.717, 1.165) is 30.6 Å². The van der Waals surface area contributed by atoms with Gasteiger partial charge in [-0.15, -0.1) is 0 Å². The fourth-order valence-corrected chi connectivity index (χ4v) is 3.24. The first-order valence-electron chi connectivity index (χ1n) is 7.46. The molecule has 1 amide bonds. The molecule has 0 aromatic heterocycles. The van der Waals surface area contributed by atoms with Crippen molar-refractivity contribution in [2.45, 2.75) is 25.7 Å². The standard InChI is InChI=1S/C16H23ClN2O2/c1-21-13-6-5-11(15(17)9-13)7-8-19-16(20)14-4-2-3-12(14)10-18/h5-6,9,12,14H,2-4,7-8,10,18H2,1H3,(H,19,20)/t12-,14-/m1/s1. The van der Waals surface area contributed by atoms with Crippen LogP contribution in [0.3, 0.4) is 0 Å². The maximum atomic E-state index is 12.2. The lowest BCUT2D eigenvalue weighted by Gasteiger charge is -2.17. The fourth-order valence-electron chi connectivity index (χ4n) is 2.97. The predicted molar refractivity (Wildman–Crippen MR) is 84.6 cm³/mol. The summed E-state index contributed by atoms with van der Waals surface area (Å²) in [7, 11) is 1.61. The Morgan fingerprint density at radius 3 is 2.95 bits per heavy atom. The maximum absolute atomic E-state index is 12.2. The number of amides is 1. The molecule has 0 spiro atoms. The number of methoxy groups -OCH3 is 1. The number of rotatable bonds is 6. The molecule has 0 saturated heterocycles. The van der Waals surface area contributed by atoms with E-state index >= 15 is 0 Å². The number of halogens is 1. The SMILES string of the molecule is COc1ccc(CCNC(=O)[C@@H]2CCC[C@@H]2CN)c(Cl)c1. The molecular weight excluding hydrogens is 288 g/mol. The molecule has 5 heteroatoms. The second-order valence-corrected chi connectivity index (χ2v) is 5.94. The second kappa shape index (κ2) is 7.66. The van der Waals surface area contributed by atoms with Crippen molar-refractivity contribution >= 4 is 17.5 Å². The van der Waals surface area contributed by atoms with E-state index in [1.165, 1.54) is 0 Å². The van der Waals surface area contributed by atoms with Gasteiger partial charge in [0.1, 0.15) is 5.75 Å². The summed E-state index contributed by atoms with van der Waals surface area (Å²) in [4.78, 5) is 12.2. The maximum Gasteiger partial charge on any atom is 0.223 e. The molecule has 2 atom stereocenters. The van der Waals surface area contributed by atoms with E-state index in [9.17, 15) is 4.79 Å². The molecule has 0 radical (unpaired) electrons. The number of carbonyl (C=O) groups excluding carboxylic acids is 1. The van der Waals surface area contributed by atoms with Gasteiger partial charge in [-0.2, -0.15) is 0 Å². The van der Waals surface area contributed by atoms with Gasteiger partial charge >= 0.3 is 0 Å². The minimum Gasteiger partial charge on any atom is -0.497 e. The highest BCUT2D eigenvalue weighted by molar-refractivity contribution is 6.31. The zero-order valence-electron chi connectivity index (χ0n) is 12.4. The first-order valence-corrected chi connectivity index (χ1v) is 7.83. The third-order valence-corrected chi connectivity index (χ3v) is 4.60. The Bertz CT molecular complexity index is 493. The van der Waals surface area contributed by atoms with Crippen LogP contribution in [0.25, 0.3) is 0 Å². The lowest BCUT2D eigenvalue weighted by Crippen LogP contribution is -2.36. The van der Waals surface area contributed by atoms with Crippen LogP contribution in [-0.2, 0) is 11.2 Å². The van der Waals surface area contributed by atoms with Crippen LogP contribution in [0.4, 0.5) is 0 Å². The molecule has 0 bridgehead atoms. The number of hydrogen-bond acceptors (Lipinski definition) is 3. The van der Waals surface area contributed by atoms with Crippen LogP contribution in [0.1, 0.15) is 24.8 Å². The number of carbonyl (C=O) groups is 1. The Morgan fingerprint density at radius 1 is 1.48 bits per heavy atom. The Kier molecular flexibility index (Phi) is 5.88. The Labute approximate surface area is 131 Å². The molecule has 1 aromatic carbocycles. The molecule has 116 valence electrons. The molecule has 4 nitrogen and oxygen atoms in total. The monoisotopic (exact) mass is 310 g/mol. The number of hydrogen-bond donors (Lipinski definition) is 2. The van der Waals surface area contributed by atoms with E-state index in [4.69, 9.17) is 22.1 Å². The van der Waals surface area contributed by atoms with Gasteiger partial charge in [0.05, 0.1) is 7.11 Å². The fraction of sp³-hybridized carbons (Fsp3) is 0.562. The highest BCUT2D eigenvalue weighted by Crippen LogP contribution is 2.31. The summed E-state index contributed by atoms with van der Waals surface area (Å²) >= 11 is 6.19. The Balaban J connectivity index is 1.82. The van der Waals surface area contributed by atoms with Crippen LogP contribution in [-0.4, -0.2) is 26.1 Å². The van der Waals surface area contributed by atoms with Gasteiger partial charge in [0.15, 0.2) is 0 Å². The molecule has 1 fully saturated rings. The van der Waals surface area contributed by atoms with E-state index in [2.05, 4.69) is 5.32 Å². The highest BCUT2D eigenvalue weighted by atomic mass is 35.5. The summed E-state index contributed by atoms with van der Waals surface area (Å²) in [6.45, 7) is 1.20. The van der Waals surface area contributed by atoms with Crippen LogP contribution >= 0.6 is 11.6 Å². The van der Waals surface area contributed by atoms with E-state index in [1.807, 2.05) is 12.1 Å². The van der Waals surface area contributed by atoms with E-state index in [1.54, 1.807) is 13.2 Å². The first kappa shape index (κ1) is 16.1. The van der Waals surface area contributed by atoms with Crippen LogP contribution < -0.4 is 15.8 Å². The smallest absolute Gasteiger partial charge is 0.223 e. The zero-order valence-corrected chi connectivity index (χ0v) is 13.2. The molecule has 0 unspecified atom stereocenters. The van der Waals surface area contributed by atoms with Crippen molar-refractivity contribution in [2.75, 3.05) is 20.2 Å². The molecule has 0 aliphatic heterocycles. The minimum absolute atomic E-state index is 0.0846. The van der Waals surface area contributed by atoms with E-state index < -0.39 is 0 Å². The lowest BCUT2D eigenvalue weighted by atomic mass is 9.95. The van der Waals surface area contributed by atoms with Crippen LogP contribution in [0.5, 0.6) is 5.75 Å². The van der Waals surface area contributed by atoms with Crippen molar-refractivity contribution in [3.63, 3.8) is 0 Å². The van der Waals surface area contributed by atoms with Gasteiger partial charge in [-0.25, -0.2) is 0 Å². The molecule has 21 heavy (non-hydrogen) atoms. The highest BCUT2D eigenvalue weighted by Gasteiger charge is 2.31. The zero-order chi connectivity index (χ0) is 15.2. The molecule has 1 saturated carbocycles. The summed E-state index contributed by atoms with van der Waals surface area (Å²) in [6.07, 6.45) is 3.84. The van der Waals surface area contributed by atoms with Gasteiger partial charge < -0.3 is 15.8 Å². The number of nitrogens with two attached hydrogens (primary N) is 1. The summed E-state index contributed by atoms with van der Waals surface area (Å²) in [5.74, 6) is 1.30. The number of nitrogens with one attached hydrogen (secondary N) is 1. The van der Waals surface area contributed by atoms with Gasteiger partial charge in [0.25, 0.3) is 0 Å². The van der Waals surface area contributed by atoms with Crippen molar-refractivity contribution in [1.29, 1.82) is 0 Å². The van der Waals surface area contributed by atoms with Gasteiger partial charge in [-0.3, -0.25) is 4.79 Å². The molecule has 1 aliphatic carbocycles. The quantitative estimate of drug-likeness (QED) is 0.848. The van der Waals surface area contributed by atoms with Crippen LogP contribution in [0.15, 0.2) is 18.2 Å². The molecule has 1 aromatic rings. The summed E-state index contributed by atoms with van der Waals surface area (Å²) in [6, 6.07) is 5.61. The summed E-state index contributed by atoms with van der Waals surface area (Å²) in [5, 5.41) is 3.68. The predicted octanol–water partition coefficient (Wildman–Crippen LogP) is 2.38. The van der Waals surface area contributed by atoms with Gasteiger partial charge in [0.2, 0.25) is 5.91 Å². The van der Waals surface area contributed by atoms with E-state index in [0.29, 0.717) is 30.5 Å². The van der Waals surface area contributed by atoms with Gasteiger partial charge in [-0.05, 0) is 49.4 Å². The Morgan fingerprint density at radius 2 is 2.29 bits per heavy atom. The lowest BCUT2D eigenvalue weighted by molar-refractivity contribution is -0.125. The topological polar surface area (TPSA) is 64.3 Å². The van der Waals surface area contributed by atoms with Crippen molar-refractivity contribution in [3.05, 3.63) is 28.8 Å². The second-order valence-electron chi connectivity index (χ2n) is 5.53. The average Bonchev–Trinajstić information content (AvgIpc) is 2.97. The van der Waals surface area contributed by atoms with Crippen molar-refractivity contribution in [3.8, 4) is 5.75 Å². The largest absolute Gasteiger partial charge is 0.497 e. The van der Waals surface area contributed by atoms with Crippen molar-refractivity contribution in [1.82, 2.24) is 5.32 Å². The molecule has 1 aliphatic rings. The van der Waals surface area contributed by atoms with E-state index in [-0.39, 0.29) is 11.8 Å². The third-order valence-electron chi connectivity index (χ3n) is 4.25. The Hall–Kier alpha value is -1.26. The van der Waals surface area contributed by atoms with Gasteiger partial charge in [0, 0.05) is 17.5 Å². The summed E-state index contributed by atoms with van der Waals surface area (Å²) < 4.78 is 5.12. The normalized spacial score (nSPS) is 21.3. The first-order chi connectivity index (χ1) is 10.2. The molecule has 3 N–H and O–H groups in total. The number of benzene rings is 1. The van der Waals surface area contributed by atoms with Crippen LogP contribution in [0.2, 0.25) is 5.02 Å².